The standard InChI is InChI=1S/C38H34O10/c1-20(2)34(39)44-27-14-11-25(12-15-27)28-16-13-26(17-30(28)45-35(40)21(3)4)29-18-32(47-37(42)23(7)8)33(48-38(43)24(9)10)19-31(29)46-36(41)22(5)6/h11-19H,1,3,5,7,9H2,2,4,6,8,10H3. The van der Waals surface area contributed by atoms with Crippen molar-refractivity contribution in [3.05, 3.63) is 115 Å². The Balaban J connectivity index is 2.27. The van der Waals surface area contributed by atoms with Crippen molar-refractivity contribution in [2.45, 2.75) is 34.6 Å². The third-order valence-corrected chi connectivity index (χ3v) is 6.27. The van der Waals surface area contributed by atoms with Crippen molar-refractivity contribution in [3.63, 3.8) is 0 Å². The average Bonchev–Trinajstić information content (AvgIpc) is 3.02. The average molecular weight is 651 g/mol. The number of ether oxygens (including phenoxy) is 5. The van der Waals surface area contributed by atoms with Crippen molar-refractivity contribution in [1.29, 1.82) is 0 Å². The molecule has 0 radical (unpaired) electrons. The lowest BCUT2D eigenvalue weighted by molar-refractivity contribution is -0.132. The zero-order chi connectivity index (χ0) is 35.9. The predicted octanol–water partition coefficient (Wildman–Crippen LogP) is 7.43. The fraction of sp³-hybridized carbons (Fsp3) is 0.132. The SMILES string of the molecule is C=C(C)C(=O)Oc1ccc(-c2ccc(-c3cc(OC(=O)C(=C)C)c(OC(=O)C(=C)C)cc3OC(=O)C(=C)C)cc2OC(=O)C(=C)C)cc1. The molecule has 3 aromatic rings. The molecular weight excluding hydrogens is 616 g/mol. The molecule has 0 aliphatic rings. The summed E-state index contributed by atoms with van der Waals surface area (Å²) in [6, 6.07) is 13.8. The van der Waals surface area contributed by atoms with E-state index in [4.69, 9.17) is 23.7 Å². The van der Waals surface area contributed by atoms with Gasteiger partial charge in [0.2, 0.25) is 0 Å². The van der Waals surface area contributed by atoms with E-state index in [-0.39, 0.29) is 62.2 Å². The fourth-order valence-electron chi connectivity index (χ4n) is 3.67. The molecule has 0 aromatic heterocycles. The topological polar surface area (TPSA) is 132 Å². The van der Waals surface area contributed by atoms with Crippen molar-refractivity contribution in [2.24, 2.45) is 0 Å². The van der Waals surface area contributed by atoms with Crippen molar-refractivity contribution in [2.75, 3.05) is 0 Å². The van der Waals surface area contributed by atoms with E-state index in [1.54, 1.807) is 36.4 Å². The third kappa shape index (κ3) is 9.13. The van der Waals surface area contributed by atoms with Crippen LogP contribution in [0.5, 0.6) is 28.7 Å². The number of carbonyl (C=O) groups excluding carboxylic acids is 5. The van der Waals surface area contributed by atoms with E-state index in [0.29, 0.717) is 16.7 Å². The molecule has 0 saturated heterocycles. The first-order chi connectivity index (χ1) is 22.5. The molecule has 0 spiro atoms. The first kappa shape index (κ1) is 36.2. The van der Waals surface area contributed by atoms with Gasteiger partial charge in [0.25, 0.3) is 0 Å². The smallest absolute Gasteiger partial charge is 0.338 e. The van der Waals surface area contributed by atoms with Gasteiger partial charge >= 0.3 is 29.8 Å². The molecule has 3 rings (SSSR count). The Labute approximate surface area is 278 Å². The molecule has 0 unspecified atom stereocenters. The third-order valence-electron chi connectivity index (χ3n) is 6.27. The number of hydrogen-bond acceptors (Lipinski definition) is 10. The van der Waals surface area contributed by atoms with Crippen LogP contribution >= 0.6 is 0 Å². The Bertz CT molecular complexity index is 1910. The largest absolute Gasteiger partial charge is 0.423 e. The summed E-state index contributed by atoms with van der Waals surface area (Å²) in [6.45, 7) is 25.3. The molecule has 0 saturated carbocycles. The maximum atomic E-state index is 12.7. The number of hydrogen-bond donors (Lipinski definition) is 0. The van der Waals surface area contributed by atoms with Gasteiger partial charge in [0.1, 0.15) is 17.2 Å². The van der Waals surface area contributed by atoms with E-state index >= 15 is 0 Å². The maximum absolute atomic E-state index is 12.7. The van der Waals surface area contributed by atoms with Crippen molar-refractivity contribution >= 4 is 29.8 Å². The zero-order valence-electron chi connectivity index (χ0n) is 27.3. The molecule has 10 heteroatoms. The van der Waals surface area contributed by atoms with Crippen molar-refractivity contribution < 1.29 is 47.7 Å². The van der Waals surface area contributed by atoms with Crippen LogP contribution in [0.25, 0.3) is 22.3 Å². The molecule has 10 nitrogen and oxygen atoms in total. The monoisotopic (exact) mass is 650 g/mol. The summed E-state index contributed by atoms with van der Waals surface area (Å²) in [5.74, 6) is -3.92. The molecule has 0 bridgehead atoms. The van der Waals surface area contributed by atoms with Crippen molar-refractivity contribution in [3.8, 4) is 51.0 Å². The molecule has 0 N–H and O–H groups in total. The Hall–Kier alpha value is -6.29. The second kappa shape index (κ2) is 15.3. The molecule has 0 heterocycles. The summed E-state index contributed by atoms with van der Waals surface area (Å²) in [4.78, 5) is 62.4. The summed E-state index contributed by atoms with van der Waals surface area (Å²) < 4.78 is 27.5. The van der Waals surface area contributed by atoms with Gasteiger partial charge in [0.05, 0.1) is 0 Å². The summed E-state index contributed by atoms with van der Waals surface area (Å²) in [5.41, 5.74) is 2.13. The Morgan fingerprint density at radius 3 is 1.19 bits per heavy atom. The number of esters is 5. The van der Waals surface area contributed by atoms with Gasteiger partial charge < -0.3 is 23.7 Å². The summed E-state index contributed by atoms with van der Waals surface area (Å²) in [7, 11) is 0. The van der Waals surface area contributed by atoms with E-state index in [0.717, 1.165) is 0 Å². The normalized spacial score (nSPS) is 10.2. The van der Waals surface area contributed by atoms with Crippen molar-refractivity contribution in [1.82, 2.24) is 0 Å². The van der Waals surface area contributed by atoms with Crippen LogP contribution in [0.2, 0.25) is 0 Å². The first-order valence-corrected chi connectivity index (χ1v) is 14.3. The van der Waals surface area contributed by atoms with E-state index in [2.05, 4.69) is 32.9 Å². The highest BCUT2D eigenvalue weighted by Crippen LogP contribution is 2.44. The lowest BCUT2D eigenvalue weighted by atomic mass is 9.98. The maximum Gasteiger partial charge on any atom is 0.338 e. The molecule has 48 heavy (non-hydrogen) atoms. The minimum absolute atomic E-state index is 0.0540. The minimum atomic E-state index is -0.827. The van der Waals surface area contributed by atoms with E-state index in [1.165, 1.54) is 52.8 Å². The first-order valence-electron chi connectivity index (χ1n) is 14.3. The van der Waals surface area contributed by atoms with Crippen LogP contribution in [0.1, 0.15) is 34.6 Å². The highest BCUT2D eigenvalue weighted by Gasteiger charge is 2.23. The molecule has 0 aliphatic heterocycles. The van der Waals surface area contributed by atoms with E-state index in [1.807, 2.05) is 0 Å². The van der Waals surface area contributed by atoms with Crippen LogP contribution in [0.15, 0.2) is 115 Å². The lowest BCUT2D eigenvalue weighted by Crippen LogP contribution is -2.14. The Kier molecular flexibility index (Phi) is 11.6. The molecule has 0 atom stereocenters. The van der Waals surface area contributed by atoms with Gasteiger partial charge in [0.15, 0.2) is 11.5 Å². The van der Waals surface area contributed by atoms with E-state index < -0.39 is 29.8 Å². The van der Waals surface area contributed by atoms with Gasteiger partial charge in [-0.1, -0.05) is 57.2 Å². The van der Waals surface area contributed by atoms with Gasteiger partial charge in [-0.25, -0.2) is 24.0 Å². The molecule has 0 amide bonds. The van der Waals surface area contributed by atoms with Gasteiger partial charge in [-0.3, -0.25) is 0 Å². The predicted molar refractivity (Wildman–Crippen MR) is 180 cm³/mol. The lowest BCUT2D eigenvalue weighted by Gasteiger charge is -2.18. The van der Waals surface area contributed by atoms with Crippen LogP contribution in [0.3, 0.4) is 0 Å². The minimum Gasteiger partial charge on any atom is -0.423 e. The Morgan fingerprint density at radius 1 is 0.396 bits per heavy atom. The second-order valence-corrected chi connectivity index (χ2v) is 10.9. The number of carbonyl (C=O) groups is 5. The van der Waals surface area contributed by atoms with Gasteiger partial charge in [-0.15, -0.1) is 0 Å². The summed E-state index contributed by atoms with van der Waals surface area (Å²) in [6.07, 6.45) is 0. The van der Waals surface area contributed by atoms with Gasteiger partial charge in [0, 0.05) is 45.1 Å². The van der Waals surface area contributed by atoms with Crippen LogP contribution in [0, 0.1) is 0 Å². The quantitative estimate of drug-likeness (QED) is 0.111. The number of rotatable bonds is 12. The molecule has 246 valence electrons. The second-order valence-electron chi connectivity index (χ2n) is 10.9. The highest BCUT2D eigenvalue weighted by molar-refractivity contribution is 5.95. The Morgan fingerprint density at radius 2 is 0.750 bits per heavy atom. The van der Waals surface area contributed by atoms with Crippen LogP contribution in [-0.4, -0.2) is 29.8 Å². The van der Waals surface area contributed by atoms with Crippen LogP contribution in [0.4, 0.5) is 0 Å². The molecule has 0 fully saturated rings. The molecule has 3 aromatic carbocycles. The van der Waals surface area contributed by atoms with Gasteiger partial charge in [-0.05, 0) is 70.0 Å². The molecular formula is C38H34O10. The zero-order valence-corrected chi connectivity index (χ0v) is 27.3. The summed E-state index contributed by atoms with van der Waals surface area (Å²) >= 11 is 0. The van der Waals surface area contributed by atoms with Gasteiger partial charge in [-0.2, -0.15) is 0 Å². The molecule has 0 aliphatic carbocycles. The van der Waals surface area contributed by atoms with Crippen LogP contribution in [-0.2, 0) is 24.0 Å². The number of benzene rings is 3. The van der Waals surface area contributed by atoms with E-state index in [9.17, 15) is 24.0 Å². The fourth-order valence-corrected chi connectivity index (χ4v) is 3.67. The highest BCUT2D eigenvalue weighted by atomic mass is 16.6. The van der Waals surface area contributed by atoms with Crippen LogP contribution < -0.4 is 23.7 Å². The summed E-state index contributed by atoms with van der Waals surface area (Å²) in [5, 5.41) is 0.